The SMILES string of the molecule is CCCNc1ncnc(N(C)CC)c1OC. The molecule has 0 spiro atoms. The maximum atomic E-state index is 5.37. The molecule has 0 aliphatic carbocycles. The second-order valence-electron chi connectivity index (χ2n) is 3.52. The first-order chi connectivity index (χ1) is 7.74. The van der Waals surface area contributed by atoms with Crippen molar-refractivity contribution >= 4 is 11.6 Å². The second-order valence-corrected chi connectivity index (χ2v) is 3.52. The lowest BCUT2D eigenvalue weighted by atomic mass is 10.4. The van der Waals surface area contributed by atoms with E-state index in [1.54, 1.807) is 13.4 Å². The lowest BCUT2D eigenvalue weighted by Crippen LogP contribution is -2.19. The van der Waals surface area contributed by atoms with E-state index in [1.165, 1.54) is 0 Å². The number of aromatic nitrogens is 2. The lowest BCUT2D eigenvalue weighted by molar-refractivity contribution is 0.413. The number of rotatable bonds is 6. The van der Waals surface area contributed by atoms with Crippen LogP contribution in [0, 0.1) is 0 Å². The van der Waals surface area contributed by atoms with E-state index in [9.17, 15) is 0 Å². The van der Waals surface area contributed by atoms with E-state index < -0.39 is 0 Å². The average Bonchev–Trinajstić information content (AvgIpc) is 2.34. The fourth-order valence-electron chi connectivity index (χ4n) is 1.34. The zero-order chi connectivity index (χ0) is 12.0. The molecule has 0 radical (unpaired) electrons. The number of nitrogens with one attached hydrogen (secondary N) is 1. The molecule has 0 aromatic carbocycles. The van der Waals surface area contributed by atoms with Crippen LogP contribution in [0.2, 0.25) is 0 Å². The molecule has 0 aliphatic heterocycles. The van der Waals surface area contributed by atoms with Crippen LogP contribution in [0.3, 0.4) is 0 Å². The van der Waals surface area contributed by atoms with Crippen LogP contribution in [0.15, 0.2) is 6.33 Å². The molecule has 0 saturated carbocycles. The minimum absolute atomic E-state index is 0.709. The van der Waals surface area contributed by atoms with Gasteiger partial charge in [0.25, 0.3) is 0 Å². The smallest absolute Gasteiger partial charge is 0.204 e. The maximum absolute atomic E-state index is 5.37. The fourth-order valence-corrected chi connectivity index (χ4v) is 1.34. The summed E-state index contributed by atoms with van der Waals surface area (Å²) in [5, 5.41) is 3.23. The van der Waals surface area contributed by atoms with Crippen LogP contribution < -0.4 is 15.0 Å². The first-order valence-electron chi connectivity index (χ1n) is 5.58. The summed E-state index contributed by atoms with van der Waals surface area (Å²) >= 11 is 0. The van der Waals surface area contributed by atoms with Crippen molar-refractivity contribution in [3.05, 3.63) is 6.33 Å². The van der Waals surface area contributed by atoms with Gasteiger partial charge in [0, 0.05) is 20.1 Å². The minimum atomic E-state index is 0.709. The number of nitrogens with zero attached hydrogens (tertiary/aromatic N) is 3. The summed E-state index contributed by atoms with van der Waals surface area (Å²) < 4.78 is 5.37. The van der Waals surface area contributed by atoms with Crippen LogP contribution in [0.1, 0.15) is 20.3 Å². The molecule has 1 aromatic rings. The van der Waals surface area contributed by atoms with Crippen molar-refractivity contribution in [2.75, 3.05) is 37.5 Å². The van der Waals surface area contributed by atoms with Gasteiger partial charge in [-0.3, -0.25) is 0 Å². The molecular weight excluding hydrogens is 204 g/mol. The summed E-state index contributed by atoms with van der Waals surface area (Å²) in [5.41, 5.74) is 0. The van der Waals surface area contributed by atoms with Crippen LogP contribution >= 0.6 is 0 Å². The molecule has 1 aromatic heterocycles. The third kappa shape index (κ3) is 2.74. The van der Waals surface area contributed by atoms with Crippen LogP contribution in [0.4, 0.5) is 11.6 Å². The van der Waals surface area contributed by atoms with E-state index in [0.29, 0.717) is 5.75 Å². The molecule has 0 aliphatic rings. The summed E-state index contributed by atoms with van der Waals surface area (Å²) in [6, 6.07) is 0. The molecule has 0 saturated heterocycles. The summed E-state index contributed by atoms with van der Waals surface area (Å²) in [6.07, 6.45) is 2.61. The highest BCUT2D eigenvalue weighted by Gasteiger charge is 2.13. The lowest BCUT2D eigenvalue weighted by Gasteiger charge is -2.19. The Morgan fingerprint density at radius 3 is 2.69 bits per heavy atom. The highest BCUT2D eigenvalue weighted by molar-refractivity contribution is 5.64. The highest BCUT2D eigenvalue weighted by Crippen LogP contribution is 2.30. The predicted molar refractivity (Wildman–Crippen MR) is 66.3 cm³/mol. The van der Waals surface area contributed by atoms with Crippen LogP contribution in [-0.2, 0) is 0 Å². The average molecular weight is 224 g/mol. The van der Waals surface area contributed by atoms with Crippen molar-refractivity contribution in [3.8, 4) is 5.75 Å². The molecule has 16 heavy (non-hydrogen) atoms. The Morgan fingerprint density at radius 1 is 1.38 bits per heavy atom. The largest absolute Gasteiger partial charge is 0.490 e. The molecular formula is C11H20N4O. The quantitative estimate of drug-likeness (QED) is 0.798. The Morgan fingerprint density at radius 2 is 2.12 bits per heavy atom. The van der Waals surface area contributed by atoms with Gasteiger partial charge in [-0.05, 0) is 13.3 Å². The molecule has 5 heteroatoms. The summed E-state index contributed by atoms with van der Waals surface area (Å²) in [6.45, 7) is 5.93. The number of ether oxygens (including phenoxy) is 1. The van der Waals surface area contributed by atoms with Gasteiger partial charge in [-0.15, -0.1) is 0 Å². The van der Waals surface area contributed by atoms with Crippen molar-refractivity contribution in [1.29, 1.82) is 0 Å². The van der Waals surface area contributed by atoms with E-state index in [0.717, 1.165) is 31.1 Å². The van der Waals surface area contributed by atoms with E-state index >= 15 is 0 Å². The monoisotopic (exact) mass is 224 g/mol. The fraction of sp³-hybridized carbons (Fsp3) is 0.636. The summed E-state index contributed by atoms with van der Waals surface area (Å²) in [4.78, 5) is 10.5. The maximum Gasteiger partial charge on any atom is 0.204 e. The van der Waals surface area contributed by atoms with Gasteiger partial charge in [0.05, 0.1) is 7.11 Å². The third-order valence-electron chi connectivity index (χ3n) is 2.37. The zero-order valence-electron chi connectivity index (χ0n) is 10.4. The van der Waals surface area contributed by atoms with Crippen molar-refractivity contribution in [2.24, 2.45) is 0 Å². The van der Waals surface area contributed by atoms with E-state index in [4.69, 9.17) is 4.74 Å². The molecule has 1 N–H and O–H groups in total. The van der Waals surface area contributed by atoms with Crippen molar-refractivity contribution in [1.82, 2.24) is 9.97 Å². The van der Waals surface area contributed by atoms with Crippen LogP contribution in [0.25, 0.3) is 0 Å². The van der Waals surface area contributed by atoms with Crippen molar-refractivity contribution < 1.29 is 4.74 Å². The Bertz CT molecular complexity index is 330. The Kier molecular flexibility index (Phi) is 4.82. The van der Waals surface area contributed by atoms with Gasteiger partial charge in [0.15, 0.2) is 11.6 Å². The van der Waals surface area contributed by atoms with Gasteiger partial charge >= 0.3 is 0 Å². The number of hydrogen-bond acceptors (Lipinski definition) is 5. The zero-order valence-corrected chi connectivity index (χ0v) is 10.4. The van der Waals surface area contributed by atoms with Gasteiger partial charge in [-0.2, -0.15) is 0 Å². The standard InChI is InChI=1S/C11H20N4O/c1-5-7-12-10-9(16-4)11(14-8-13-10)15(3)6-2/h8H,5-7H2,1-4H3,(H,12,13,14). The summed E-state index contributed by atoms with van der Waals surface area (Å²) in [5.74, 6) is 2.29. The molecule has 0 amide bonds. The third-order valence-corrected chi connectivity index (χ3v) is 2.37. The topological polar surface area (TPSA) is 50.3 Å². The van der Waals surface area contributed by atoms with Crippen molar-refractivity contribution in [3.63, 3.8) is 0 Å². The van der Waals surface area contributed by atoms with Gasteiger partial charge in [-0.1, -0.05) is 6.92 Å². The molecule has 0 unspecified atom stereocenters. The van der Waals surface area contributed by atoms with Gasteiger partial charge in [-0.25, -0.2) is 9.97 Å². The molecule has 0 atom stereocenters. The normalized spacial score (nSPS) is 10.0. The predicted octanol–water partition coefficient (Wildman–Crippen LogP) is 1.76. The second kappa shape index (κ2) is 6.15. The molecule has 1 heterocycles. The van der Waals surface area contributed by atoms with E-state index in [1.807, 2.05) is 11.9 Å². The van der Waals surface area contributed by atoms with Gasteiger partial charge < -0.3 is 15.0 Å². The molecule has 0 bridgehead atoms. The summed E-state index contributed by atoms with van der Waals surface area (Å²) in [7, 11) is 3.62. The molecule has 90 valence electrons. The van der Waals surface area contributed by atoms with Crippen LogP contribution in [-0.4, -0.2) is 37.2 Å². The molecule has 1 rings (SSSR count). The molecule has 0 fully saturated rings. The number of hydrogen-bond donors (Lipinski definition) is 1. The van der Waals surface area contributed by atoms with Crippen LogP contribution in [0.5, 0.6) is 5.75 Å². The Balaban J connectivity index is 3.00. The highest BCUT2D eigenvalue weighted by atomic mass is 16.5. The van der Waals surface area contributed by atoms with E-state index in [-0.39, 0.29) is 0 Å². The first-order valence-corrected chi connectivity index (χ1v) is 5.58. The minimum Gasteiger partial charge on any atom is -0.490 e. The molecule has 5 nitrogen and oxygen atoms in total. The number of anilines is 2. The number of methoxy groups -OCH3 is 1. The Labute approximate surface area is 96.8 Å². The Hall–Kier alpha value is -1.52. The van der Waals surface area contributed by atoms with Crippen molar-refractivity contribution in [2.45, 2.75) is 20.3 Å². The van der Waals surface area contributed by atoms with Gasteiger partial charge in [0.1, 0.15) is 6.33 Å². The first kappa shape index (κ1) is 12.5. The van der Waals surface area contributed by atoms with E-state index in [2.05, 4.69) is 29.1 Å². The van der Waals surface area contributed by atoms with Gasteiger partial charge in [0.2, 0.25) is 5.75 Å².